The highest BCUT2D eigenvalue weighted by molar-refractivity contribution is 6.04. The summed E-state index contributed by atoms with van der Waals surface area (Å²) in [6.07, 6.45) is 0. The third kappa shape index (κ3) is 7.01. The summed E-state index contributed by atoms with van der Waals surface area (Å²) >= 11 is 0. The first-order chi connectivity index (χ1) is 21.3. The van der Waals surface area contributed by atoms with Gasteiger partial charge in [0.05, 0.1) is 32.5 Å². The maximum absolute atomic E-state index is 12.7. The topological polar surface area (TPSA) is 141 Å². The van der Waals surface area contributed by atoms with Gasteiger partial charge >= 0.3 is 0 Å². The predicted octanol–water partition coefficient (Wildman–Crippen LogP) is 4.04. The number of pyridine rings is 1. The van der Waals surface area contributed by atoms with Crippen molar-refractivity contribution >= 4 is 34.1 Å². The fourth-order valence-corrected chi connectivity index (χ4v) is 5.53. The van der Waals surface area contributed by atoms with Crippen LogP contribution in [0, 0.1) is 6.92 Å². The lowest BCUT2D eigenvalue weighted by molar-refractivity contribution is 0.0998. The standard InChI is InChI=1S/C33H39N7O4/c1-21-6-5-7-24(16-21)36-27-18-28(32(41)38-33(34)35)37-26-10-8-22(17-25(26)27)19-39-12-14-40(15-13-39)20-23-9-11-29(42-2)31(44-4)30(23)43-3/h5-11,16-18H,12-15,19-20H2,1-4H3,(H,36,37)(H4,34,35,38,41). The van der Waals surface area contributed by atoms with E-state index in [-0.39, 0.29) is 11.7 Å². The summed E-state index contributed by atoms with van der Waals surface area (Å²) < 4.78 is 16.7. The van der Waals surface area contributed by atoms with Gasteiger partial charge in [0.15, 0.2) is 17.5 Å². The maximum atomic E-state index is 12.7. The summed E-state index contributed by atoms with van der Waals surface area (Å²) in [7, 11) is 4.90. The molecule has 0 saturated carbocycles. The molecule has 44 heavy (non-hydrogen) atoms. The lowest BCUT2D eigenvalue weighted by Crippen LogP contribution is -2.45. The molecule has 1 amide bonds. The summed E-state index contributed by atoms with van der Waals surface area (Å²) in [4.78, 5) is 25.8. The number of methoxy groups -OCH3 is 3. The second kappa shape index (κ2) is 13.6. The zero-order valence-electron chi connectivity index (χ0n) is 25.6. The summed E-state index contributed by atoms with van der Waals surface area (Å²) in [6.45, 7) is 7.27. The van der Waals surface area contributed by atoms with Crippen LogP contribution in [0.3, 0.4) is 0 Å². The van der Waals surface area contributed by atoms with Gasteiger partial charge in [0.1, 0.15) is 5.69 Å². The van der Waals surface area contributed by atoms with Gasteiger partial charge in [0.25, 0.3) is 5.91 Å². The molecule has 2 heterocycles. The van der Waals surface area contributed by atoms with Crippen LogP contribution in [0.15, 0.2) is 65.7 Å². The minimum Gasteiger partial charge on any atom is -0.493 e. The number of nitrogens with zero attached hydrogens (tertiary/aromatic N) is 4. The number of aliphatic imine (C=N–C) groups is 1. The number of carbonyl (C=O) groups is 1. The SMILES string of the molecule is COc1ccc(CN2CCN(Cc3ccc4nc(C(=O)N=C(N)N)cc(Nc5cccc(C)c5)c4c3)CC2)c(OC)c1OC. The van der Waals surface area contributed by atoms with Crippen LogP contribution in [-0.4, -0.2) is 74.2 Å². The lowest BCUT2D eigenvalue weighted by Gasteiger charge is -2.35. The molecule has 0 radical (unpaired) electrons. The maximum Gasteiger partial charge on any atom is 0.298 e. The fourth-order valence-electron chi connectivity index (χ4n) is 5.53. The van der Waals surface area contributed by atoms with Crippen molar-refractivity contribution in [3.8, 4) is 17.2 Å². The molecule has 1 aromatic heterocycles. The number of amides is 1. The molecule has 11 nitrogen and oxygen atoms in total. The van der Waals surface area contributed by atoms with E-state index in [9.17, 15) is 4.79 Å². The molecule has 11 heteroatoms. The average Bonchev–Trinajstić information content (AvgIpc) is 3.01. The van der Waals surface area contributed by atoms with Crippen LogP contribution in [0.1, 0.15) is 27.2 Å². The Kier molecular flexibility index (Phi) is 9.47. The number of rotatable bonds is 10. The van der Waals surface area contributed by atoms with Gasteiger partial charge in [0.2, 0.25) is 5.75 Å². The molecule has 3 aromatic carbocycles. The zero-order valence-corrected chi connectivity index (χ0v) is 25.6. The number of aryl methyl sites for hydroxylation is 1. The van der Waals surface area contributed by atoms with E-state index in [1.165, 1.54) is 0 Å². The highest BCUT2D eigenvalue weighted by Gasteiger charge is 2.22. The Balaban J connectivity index is 1.32. The number of nitrogens with two attached hydrogens (primary N) is 2. The van der Waals surface area contributed by atoms with E-state index in [0.717, 1.165) is 72.7 Å². The molecular formula is C33H39N7O4. The molecule has 5 N–H and O–H groups in total. The van der Waals surface area contributed by atoms with E-state index in [4.69, 9.17) is 25.7 Å². The second-order valence-electron chi connectivity index (χ2n) is 10.8. The van der Waals surface area contributed by atoms with Crippen molar-refractivity contribution in [2.75, 3.05) is 52.8 Å². The molecule has 5 rings (SSSR count). The van der Waals surface area contributed by atoms with Crippen LogP contribution in [-0.2, 0) is 13.1 Å². The van der Waals surface area contributed by atoms with E-state index in [2.05, 4.69) is 37.2 Å². The first kappa shape index (κ1) is 30.6. The largest absolute Gasteiger partial charge is 0.493 e. The van der Waals surface area contributed by atoms with Crippen LogP contribution >= 0.6 is 0 Å². The predicted molar refractivity (Wildman–Crippen MR) is 173 cm³/mol. The first-order valence-corrected chi connectivity index (χ1v) is 14.4. The van der Waals surface area contributed by atoms with E-state index in [0.29, 0.717) is 22.8 Å². The first-order valence-electron chi connectivity index (χ1n) is 14.4. The number of ether oxygens (including phenoxy) is 3. The quantitative estimate of drug-likeness (QED) is 0.181. The number of piperazine rings is 1. The van der Waals surface area contributed by atoms with Crippen molar-refractivity contribution in [1.82, 2.24) is 14.8 Å². The molecule has 0 spiro atoms. The molecule has 4 aromatic rings. The second-order valence-corrected chi connectivity index (χ2v) is 10.8. The smallest absolute Gasteiger partial charge is 0.298 e. The molecule has 0 bridgehead atoms. The summed E-state index contributed by atoms with van der Waals surface area (Å²) in [5.74, 6) is 1.07. The molecule has 0 atom stereocenters. The average molecular weight is 598 g/mol. The van der Waals surface area contributed by atoms with Crippen LogP contribution in [0.5, 0.6) is 17.2 Å². The van der Waals surface area contributed by atoms with Gasteiger partial charge in [-0.2, -0.15) is 4.99 Å². The number of fused-ring (bicyclic) bond motifs is 1. The molecular weight excluding hydrogens is 558 g/mol. The fraction of sp³-hybridized carbons (Fsp3) is 0.303. The Morgan fingerprint density at radius 2 is 1.61 bits per heavy atom. The molecule has 0 aliphatic carbocycles. The molecule has 1 saturated heterocycles. The van der Waals surface area contributed by atoms with E-state index in [1.807, 2.05) is 49.4 Å². The van der Waals surface area contributed by atoms with Gasteiger partial charge in [-0.25, -0.2) is 4.98 Å². The van der Waals surface area contributed by atoms with E-state index >= 15 is 0 Å². The third-order valence-corrected chi connectivity index (χ3v) is 7.67. The number of anilines is 2. The lowest BCUT2D eigenvalue weighted by atomic mass is 10.1. The highest BCUT2D eigenvalue weighted by Crippen LogP contribution is 2.40. The number of benzene rings is 3. The van der Waals surface area contributed by atoms with Gasteiger partial charge in [-0.1, -0.05) is 24.3 Å². The van der Waals surface area contributed by atoms with Gasteiger partial charge < -0.3 is 31.0 Å². The van der Waals surface area contributed by atoms with Gasteiger partial charge in [-0.15, -0.1) is 0 Å². The molecule has 1 aliphatic rings. The summed E-state index contributed by atoms with van der Waals surface area (Å²) in [5.41, 5.74) is 16.7. The molecule has 230 valence electrons. The molecule has 1 aliphatic heterocycles. The Morgan fingerprint density at radius 1 is 0.886 bits per heavy atom. The highest BCUT2D eigenvalue weighted by atomic mass is 16.5. The molecule has 1 fully saturated rings. The monoisotopic (exact) mass is 597 g/mol. The number of carbonyl (C=O) groups excluding carboxylic acids is 1. The van der Waals surface area contributed by atoms with Gasteiger partial charge in [0, 0.05) is 55.9 Å². The number of hydrogen-bond donors (Lipinski definition) is 3. The van der Waals surface area contributed by atoms with Crippen LogP contribution in [0.4, 0.5) is 11.4 Å². The van der Waals surface area contributed by atoms with Crippen LogP contribution < -0.4 is 31.0 Å². The molecule has 0 unspecified atom stereocenters. The van der Waals surface area contributed by atoms with Crippen LogP contribution in [0.2, 0.25) is 0 Å². The zero-order chi connectivity index (χ0) is 31.2. The Labute approximate surface area is 257 Å². The Morgan fingerprint density at radius 3 is 2.27 bits per heavy atom. The minimum absolute atomic E-state index is 0.163. The normalized spacial score (nSPS) is 13.8. The summed E-state index contributed by atoms with van der Waals surface area (Å²) in [5, 5.41) is 4.38. The summed E-state index contributed by atoms with van der Waals surface area (Å²) in [6, 6.07) is 19.8. The van der Waals surface area contributed by atoms with Crippen molar-refractivity contribution < 1.29 is 19.0 Å². The number of hydrogen-bond acceptors (Lipinski definition) is 8. The van der Waals surface area contributed by atoms with Gasteiger partial charge in [-0.05, 0) is 54.4 Å². The van der Waals surface area contributed by atoms with Crippen molar-refractivity contribution in [3.05, 3.63) is 83.0 Å². The van der Waals surface area contributed by atoms with Gasteiger partial charge in [-0.3, -0.25) is 14.6 Å². The number of nitrogens with one attached hydrogen (secondary N) is 1. The van der Waals surface area contributed by atoms with E-state index < -0.39 is 5.91 Å². The number of guanidine groups is 1. The Bertz CT molecular complexity index is 1680. The van der Waals surface area contributed by atoms with Crippen molar-refractivity contribution in [2.45, 2.75) is 20.0 Å². The Hall–Kier alpha value is -4.87. The minimum atomic E-state index is -0.591. The van der Waals surface area contributed by atoms with Crippen molar-refractivity contribution in [1.29, 1.82) is 0 Å². The van der Waals surface area contributed by atoms with Crippen molar-refractivity contribution in [3.63, 3.8) is 0 Å². The number of aromatic nitrogens is 1. The van der Waals surface area contributed by atoms with E-state index in [1.54, 1.807) is 27.4 Å². The third-order valence-electron chi connectivity index (χ3n) is 7.67. The van der Waals surface area contributed by atoms with Crippen LogP contribution in [0.25, 0.3) is 10.9 Å². The van der Waals surface area contributed by atoms with Crippen molar-refractivity contribution in [2.24, 2.45) is 16.5 Å².